The fourth-order valence-electron chi connectivity index (χ4n) is 3.16. The molecule has 0 radical (unpaired) electrons. The van der Waals surface area contributed by atoms with E-state index in [1.54, 1.807) is 0 Å². The molecule has 0 heterocycles. The molecular weight excluding hydrogens is 407 g/mol. The van der Waals surface area contributed by atoms with Crippen LogP contribution in [0.15, 0.2) is 0 Å². The topological polar surface area (TPSA) is 0 Å². The van der Waals surface area contributed by atoms with Gasteiger partial charge in [0.05, 0.1) is 0 Å². The summed E-state index contributed by atoms with van der Waals surface area (Å²) in [5, 5.41) is 0. The van der Waals surface area contributed by atoms with Crippen molar-refractivity contribution in [2.45, 2.75) is 41.0 Å². The van der Waals surface area contributed by atoms with Gasteiger partial charge in [-0.25, -0.2) is 0 Å². The zero-order valence-electron chi connectivity index (χ0n) is 8.36. The van der Waals surface area contributed by atoms with E-state index in [0.717, 1.165) is 13.7 Å². The minimum atomic E-state index is -1.81. The number of hydrogen-bond donors (Lipinski definition) is 0. The molecule has 0 spiro atoms. The Morgan fingerprint density at radius 2 is 1.50 bits per heavy atom. The van der Waals surface area contributed by atoms with Crippen LogP contribution in [-0.2, 0) is 0 Å². The molecule has 2 fully saturated rings. The Balaban J connectivity index is 2.15. The molecular formula is C10H19BrPb. The van der Waals surface area contributed by atoms with Crippen LogP contribution in [-0.4, -0.2) is 23.1 Å². The summed E-state index contributed by atoms with van der Waals surface area (Å²) in [5.41, 5.74) is 0. The number of rotatable bonds is 1. The van der Waals surface area contributed by atoms with Crippen molar-refractivity contribution < 1.29 is 0 Å². The van der Waals surface area contributed by atoms with Gasteiger partial charge in [-0.2, -0.15) is 0 Å². The van der Waals surface area contributed by atoms with Crippen molar-refractivity contribution in [3.63, 3.8) is 0 Å². The molecule has 2 heteroatoms. The number of fused-ring (bicyclic) bond motifs is 1. The molecule has 2 saturated carbocycles. The molecule has 2 aliphatic rings. The molecule has 0 aliphatic heterocycles. The van der Waals surface area contributed by atoms with E-state index >= 15 is 0 Å². The van der Waals surface area contributed by atoms with E-state index in [1.807, 2.05) is 0 Å². The van der Waals surface area contributed by atoms with E-state index in [4.69, 9.17) is 0 Å². The van der Waals surface area contributed by atoms with E-state index < -0.39 is 21.2 Å². The summed E-state index contributed by atoms with van der Waals surface area (Å²) in [6, 6.07) is 0. The first-order valence-electron chi connectivity index (χ1n) is 5.17. The van der Waals surface area contributed by atoms with Crippen molar-refractivity contribution >= 4 is 37.1 Å². The van der Waals surface area contributed by atoms with Gasteiger partial charge in [-0.3, -0.25) is 0 Å². The Labute approximate surface area is 89.3 Å². The molecule has 0 amide bonds. The summed E-state index contributed by atoms with van der Waals surface area (Å²) in [7, 11) is 0. The van der Waals surface area contributed by atoms with Crippen molar-refractivity contribution in [3.8, 4) is 0 Å². The second-order valence-corrected chi connectivity index (χ2v) is 30.4. The fourth-order valence-corrected chi connectivity index (χ4v) is 15.1. The van der Waals surface area contributed by atoms with Crippen LogP contribution in [0.1, 0.15) is 25.7 Å². The SMILES string of the molecule is [CH3][Pb]([CH3])([CH3])[C]1(Br)[C@@H]2CCCC[C@@H]21. The fraction of sp³-hybridized carbons (Fsp3) is 1.00. The third-order valence-electron chi connectivity index (χ3n) is 3.89. The van der Waals surface area contributed by atoms with Crippen LogP contribution in [0.25, 0.3) is 0 Å². The van der Waals surface area contributed by atoms with Crippen LogP contribution in [0, 0.1) is 11.8 Å². The molecule has 2 aliphatic carbocycles. The molecule has 0 N–H and O–H groups in total. The quantitative estimate of drug-likeness (QED) is 0.442. The number of halogens is 1. The van der Waals surface area contributed by atoms with E-state index in [0.29, 0.717) is 0 Å². The van der Waals surface area contributed by atoms with Crippen molar-refractivity contribution in [1.82, 2.24) is 0 Å². The molecule has 70 valence electrons. The Hall–Kier alpha value is 1.40. The van der Waals surface area contributed by atoms with E-state index in [9.17, 15) is 0 Å². The zero-order valence-corrected chi connectivity index (χ0v) is 13.8. The van der Waals surface area contributed by atoms with E-state index in [1.165, 1.54) is 25.7 Å². The predicted molar refractivity (Wildman–Crippen MR) is 60.5 cm³/mol. The van der Waals surface area contributed by atoms with Gasteiger partial charge in [0.2, 0.25) is 0 Å². The third kappa shape index (κ3) is 1.25. The van der Waals surface area contributed by atoms with Gasteiger partial charge in [0, 0.05) is 0 Å². The number of alkyl halides is 1. The van der Waals surface area contributed by atoms with Gasteiger partial charge < -0.3 is 0 Å². The van der Waals surface area contributed by atoms with E-state index in [-0.39, 0.29) is 0 Å². The van der Waals surface area contributed by atoms with Gasteiger partial charge in [0.1, 0.15) is 0 Å². The first kappa shape index (κ1) is 9.94. The van der Waals surface area contributed by atoms with Gasteiger partial charge in [0.15, 0.2) is 0 Å². The van der Waals surface area contributed by atoms with Crippen LogP contribution in [0.5, 0.6) is 0 Å². The van der Waals surface area contributed by atoms with Crippen LogP contribution in [0.3, 0.4) is 0 Å². The summed E-state index contributed by atoms with van der Waals surface area (Å²) >= 11 is 2.30. The Kier molecular flexibility index (Phi) is 2.44. The van der Waals surface area contributed by atoms with E-state index in [2.05, 4.69) is 29.4 Å². The molecule has 0 aromatic rings. The van der Waals surface area contributed by atoms with Gasteiger partial charge >= 0.3 is 90.0 Å². The predicted octanol–water partition coefficient (Wildman–Crippen LogP) is 3.82. The summed E-state index contributed by atoms with van der Waals surface area (Å²) < 4.78 is 8.51. The molecule has 0 bridgehead atoms. The Morgan fingerprint density at radius 1 is 1.08 bits per heavy atom. The van der Waals surface area contributed by atoms with Crippen molar-refractivity contribution in [3.05, 3.63) is 0 Å². The summed E-state index contributed by atoms with van der Waals surface area (Å²) in [5.74, 6) is 2.18. The molecule has 3 atom stereocenters. The molecule has 0 aromatic heterocycles. The van der Waals surface area contributed by atoms with Crippen molar-refractivity contribution in [2.75, 3.05) is 0 Å². The molecule has 0 aromatic carbocycles. The normalized spacial score (nSPS) is 47.0. The maximum absolute atomic E-state index is 4.10. The second kappa shape index (κ2) is 2.94. The first-order valence-corrected chi connectivity index (χ1v) is 19.6. The molecule has 0 nitrogen and oxygen atoms in total. The zero-order chi connectivity index (χ0) is 8.98. The second-order valence-electron chi connectivity index (χ2n) is 5.52. The maximum atomic E-state index is 4.10. The number of hydrogen-bond acceptors (Lipinski definition) is 0. The average molecular weight is 426 g/mol. The monoisotopic (exact) mass is 426 g/mol. The van der Waals surface area contributed by atoms with Crippen LogP contribution in [0.2, 0.25) is 13.4 Å². The van der Waals surface area contributed by atoms with Crippen molar-refractivity contribution in [2.24, 2.45) is 11.8 Å². The summed E-state index contributed by atoms with van der Waals surface area (Å²) in [4.78, 5) is 0. The third-order valence-corrected chi connectivity index (χ3v) is 27.3. The molecule has 1 unspecified atom stereocenters. The average Bonchev–Trinajstić information content (AvgIpc) is 2.59. The first-order chi connectivity index (χ1) is 5.48. The molecule has 12 heavy (non-hydrogen) atoms. The summed E-state index contributed by atoms with van der Waals surface area (Å²) in [6.07, 6.45) is 6.04. The van der Waals surface area contributed by atoms with Crippen LogP contribution < -0.4 is 0 Å². The van der Waals surface area contributed by atoms with Gasteiger partial charge in [-0.15, -0.1) is 0 Å². The standard InChI is InChI=1S/C7H10Br.3CH3.Pb/c8-7-5-3-1-2-4-6(5)7;;;;/h5-6H,1-4H2;3*1H3;/t5-,6+;;;;. The molecule has 2 rings (SSSR count). The Morgan fingerprint density at radius 3 is 1.83 bits per heavy atom. The van der Waals surface area contributed by atoms with Crippen LogP contribution >= 0.6 is 15.9 Å². The Bertz CT molecular complexity index is 183. The van der Waals surface area contributed by atoms with Crippen LogP contribution in [0.4, 0.5) is 0 Å². The minimum absolute atomic E-state index is 0.719. The van der Waals surface area contributed by atoms with Gasteiger partial charge in [-0.05, 0) is 0 Å². The molecule has 0 saturated heterocycles. The van der Waals surface area contributed by atoms with Crippen molar-refractivity contribution in [1.29, 1.82) is 0 Å². The van der Waals surface area contributed by atoms with Gasteiger partial charge in [0.25, 0.3) is 0 Å². The van der Waals surface area contributed by atoms with Gasteiger partial charge in [-0.1, -0.05) is 0 Å². The summed E-state index contributed by atoms with van der Waals surface area (Å²) in [6.45, 7) is 0.